The van der Waals surface area contributed by atoms with Crippen molar-refractivity contribution in [2.45, 2.75) is 32.7 Å². The van der Waals surface area contributed by atoms with Crippen molar-refractivity contribution in [1.29, 1.82) is 0 Å². The van der Waals surface area contributed by atoms with Crippen LogP contribution in [-0.2, 0) is 10.3 Å². The van der Waals surface area contributed by atoms with Crippen LogP contribution in [0, 0.1) is 0 Å². The van der Waals surface area contributed by atoms with Crippen LogP contribution in [0.1, 0.15) is 32.8 Å². The second-order valence-electron chi connectivity index (χ2n) is 4.90. The van der Waals surface area contributed by atoms with E-state index in [2.05, 4.69) is 22.5 Å². The lowest BCUT2D eigenvalue weighted by atomic mass is 9.92. The number of amides is 1. The molecular weight excluding hydrogens is 254 g/mol. The molecule has 0 saturated carbocycles. The van der Waals surface area contributed by atoms with Gasteiger partial charge in [-0.1, -0.05) is 19.1 Å². The Hall–Kier alpha value is -2.04. The molecule has 1 amide bonds. The minimum absolute atomic E-state index is 0.0908. The molecular formula is C15H21N3O2. The van der Waals surface area contributed by atoms with Gasteiger partial charge in [-0.25, -0.2) is 0 Å². The molecule has 1 unspecified atom stereocenters. The van der Waals surface area contributed by atoms with Crippen molar-refractivity contribution in [3.63, 3.8) is 0 Å². The van der Waals surface area contributed by atoms with Gasteiger partial charge in [-0.05, 0) is 38.0 Å². The second kappa shape index (κ2) is 5.94. The largest absolute Gasteiger partial charge is 0.494 e. The molecule has 1 aromatic rings. The van der Waals surface area contributed by atoms with Gasteiger partial charge in [-0.15, -0.1) is 0 Å². The first-order valence-corrected chi connectivity index (χ1v) is 6.97. The minimum atomic E-state index is -0.780. The topological polar surface area (TPSA) is 62.7 Å². The number of aliphatic imine (C=N–C) groups is 1. The van der Waals surface area contributed by atoms with E-state index in [0.29, 0.717) is 19.1 Å². The van der Waals surface area contributed by atoms with E-state index in [1.54, 1.807) is 0 Å². The zero-order valence-electron chi connectivity index (χ0n) is 12.2. The lowest BCUT2D eigenvalue weighted by Gasteiger charge is -2.21. The van der Waals surface area contributed by atoms with Crippen molar-refractivity contribution < 1.29 is 9.53 Å². The van der Waals surface area contributed by atoms with Crippen molar-refractivity contribution in [2.75, 3.05) is 13.2 Å². The summed E-state index contributed by atoms with van der Waals surface area (Å²) >= 11 is 0. The molecule has 1 saturated heterocycles. The van der Waals surface area contributed by atoms with Crippen molar-refractivity contribution >= 4 is 11.9 Å². The van der Waals surface area contributed by atoms with Gasteiger partial charge in [-0.3, -0.25) is 15.1 Å². The zero-order chi connectivity index (χ0) is 14.6. The van der Waals surface area contributed by atoms with Gasteiger partial charge in [0.05, 0.1) is 6.61 Å². The molecule has 1 fully saturated rings. The molecule has 1 aromatic carbocycles. The van der Waals surface area contributed by atoms with Crippen LogP contribution >= 0.6 is 0 Å². The van der Waals surface area contributed by atoms with Crippen LogP contribution in [0.3, 0.4) is 0 Å². The number of carbonyl (C=O) groups excluding carboxylic acids is 1. The highest BCUT2D eigenvalue weighted by molar-refractivity contribution is 6.09. The zero-order valence-corrected chi connectivity index (χ0v) is 12.2. The first-order valence-electron chi connectivity index (χ1n) is 6.97. The summed E-state index contributed by atoms with van der Waals surface area (Å²) in [5.41, 5.74) is 0.109. The molecule has 0 bridgehead atoms. The number of guanidine groups is 1. The van der Waals surface area contributed by atoms with Gasteiger partial charge >= 0.3 is 0 Å². The monoisotopic (exact) mass is 275 g/mol. The summed E-state index contributed by atoms with van der Waals surface area (Å²) in [5, 5.41) is 5.91. The van der Waals surface area contributed by atoms with E-state index in [1.807, 2.05) is 38.1 Å². The minimum Gasteiger partial charge on any atom is -0.494 e. The van der Waals surface area contributed by atoms with E-state index in [9.17, 15) is 4.79 Å². The standard InChI is InChI=1S/C15H21N3O2/c1-4-10-20-12-8-6-11(7-9-12)15(3)13(19)17-14(18-15)16-5-2/h6-9H,4-5,10H2,1-3H3,(H2,16,17,18,19). The molecule has 0 aromatic heterocycles. The number of nitrogens with zero attached hydrogens (tertiary/aromatic N) is 1. The first-order chi connectivity index (χ1) is 9.60. The molecule has 0 spiro atoms. The van der Waals surface area contributed by atoms with Crippen LogP contribution in [0.15, 0.2) is 29.3 Å². The quantitative estimate of drug-likeness (QED) is 0.861. The molecule has 0 radical (unpaired) electrons. The van der Waals surface area contributed by atoms with Gasteiger partial charge in [0.15, 0.2) is 5.96 Å². The summed E-state index contributed by atoms with van der Waals surface area (Å²) in [6.45, 7) is 7.17. The van der Waals surface area contributed by atoms with Crippen molar-refractivity contribution in [1.82, 2.24) is 10.6 Å². The lowest BCUT2D eigenvalue weighted by molar-refractivity contribution is -0.123. The van der Waals surface area contributed by atoms with Crippen molar-refractivity contribution in [2.24, 2.45) is 4.99 Å². The Morgan fingerprint density at radius 3 is 2.55 bits per heavy atom. The maximum atomic E-state index is 12.2. The molecule has 108 valence electrons. The van der Waals surface area contributed by atoms with E-state index in [1.165, 1.54) is 0 Å². The van der Waals surface area contributed by atoms with Crippen LogP contribution in [0.2, 0.25) is 0 Å². The van der Waals surface area contributed by atoms with Gasteiger partial charge in [0.1, 0.15) is 11.3 Å². The fourth-order valence-electron chi connectivity index (χ4n) is 2.10. The molecule has 1 aliphatic heterocycles. The number of carbonyl (C=O) groups is 1. The fraction of sp³-hybridized carbons (Fsp3) is 0.467. The highest BCUT2D eigenvalue weighted by Crippen LogP contribution is 2.26. The average molecular weight is 275 g/mol. The Kier molecular flexibility index (Phi) is 4.27. The lowest BCUT2D eigenvalue weighted by Crippen LogP contribution is -2.40. The number of hydrogen-bond acceptors (Lipinski definition) is 3. The van der Waals surface area contributed by atoms with E-state index in [-0.39, 0.29) is 5.91 Å². The number of nitrogens with one attached hydrogen (secondary N) is 2. The van der Waals surface area contributed by atoms with Crippen LogP contribution < -0.4 is 15.4 Å². The molecule has 5 heteroatoms. The van der Waals surface area contributed by atoms with Crippen molar-refractivity contribution in [3.8, 4) is 5.75 Å². The van der Waals surface area contributed by atoms with Gasteiger partial charge in [0.2, 0.25) is 0 Å². The van der Waals surface area contributed by atoms with E-state index < -0.39 is 5.54 Å². The summed E-state index contributed by atoms with van der Waals surface area (Å²) < 4.78 is 5.55. The van der Waals surface area contributed by atoms with Gasteiger partial charge in [-0.2, -0.15) is 0 Å². The number of rotatable bonds is 5. The average Bonchev–Trinajstić information content (AvgIpc) is 2.73. The fourth-order valence-corrected chi connectivity index (χ4v) is 2.10. The molecule has 20 heavy (non-hydrogen) atoms. The maximum Gasteiger partial charge on any atom is 0.256 e. The second-order valence-corrected chi connectivity index (χ2v) is 4.90. The smallest absolute Gasteiger partial charge is 0.256 e. The molecule has 0 aliphatic carbocycles. The van der Waals surface area contributed by atoms with Crippen LogP contribution in [-0.4, -0.2) is 25.0 Å². The highest BCUT2D eigenvalue weighted by atomic mass is 16.5. The molecule has 5 nitrogen and oxygen atoms in total. The van der Waals surface area contributed by atoms with Gasteiger partial charge < -0.3 is 10.1 Å². The van der Waals surface area contributed by atoms with Crippen molar-refractivity contribution in [3.05, 3.63) is 29.8 Å². The predicted octanol–water partition coefficient (Wildman–Crippen LogP) is 1.79. The van der Waals surface area contributed by atoms with E-state index in [4.69, 9.17) is 4.74 Å². The Bertz CT molecular complexity index is 510. The summed E-state index contributed by atoms with van der Waals surface area (Å²) in [7, 11) is 0. The molecule has 2 rings (SSSR count). The Balaban J connectivity index is 2.18. The third-order valence-electron chi connectivity index (χ3n) is 3.28. The summed E-state index contributed by atoms with van der Waals surface area (Å²) in [6, 6.07) is 7.60. The number of ether oxygens (including phenoxy) is 1. The SMILES string of the molecule is CCCOc1ccc(C2(C)NC(=NCC)NC2=O)cc1. The van der Waals surface area contributed by atoms with E-state index in [0.717, 1.165) is 17.7 Å². The highest BCUT2D eigenvalue weighted by Gasteiger charge is 2.42. The summed E-state index contributed by atoms with van der Waals surface area (Å²) in [4.78, 5) is 16.4. The van der Waals surface area contributed by atoms with E-state index >= 15 is 0 Å². The summed E-state index contributed by atoms with van der Waals surface area (Å²) in [5.74, 6) is 1.26. The van der Waals surface area contributed by atoms with Crippen LogP contribution in [0.5, 0.6) is 5.75 Å². The van der Waals surface area contributed by atoms with Crippen LogP contribution in [0.25, 0.3) is 0 Å². The predicted molar refractivity (Wildman–Crippen MR) is 78.8 cm³/mol. The Morgan fingerprint density at radius 2 is 1.95 bits per heavy atom. The number of hydrogen-bond donors (Lipinski definition) is 2. The maximum absolute atomic E-state index is 12.2. The number of benzene rings is 1. The Morgan fingerprint density at radius 1 is 1.25 bits per heavy atom. The van der Waals surface area contributed by atoms with Gasteiger partial charge in [0.25, 0.3) is 5.91 Å². The third kappa shape index (κ3) is 2.76. The molecule has 2 N–H and O–H groups in total. The molecule has 1 aliphatic rings. The third-order valence-corrected chi connectivity index (χ3v) is 3.28. The molecule has 1 heterocycles. The summed E-state index contributed by atoms with van der Waals surface area (Å²) in [6.07, 6.45) is 0.972. The Labute approximate surface area is 119 Å². The van der Waals surface area contributed by atoms with Crippen LogP contribution in [0.4, 0.5) is 0 Å². The first kappa shape index (κ1) is 14.4. The van der Waals surface area contributed by atoms with Gasteiger partial charge in [0, 0.05) is 6.54 Å². The molecule has 1 atom stereocenters. The normalized spacial score (nSPS) is 23.6.